The second-order valence-electron chi connectivity index (χ2n) is 4.99. The van der Waals surface area contributed by atoms with Crippen LogP contribution >= 0.6 is 0 Å². The van der Waals surface area contributed by atoms with Gasteiger partial charge in [0.2, 0.25) is 11.8 Å². The van der Waals surface area contributed by atoms with Crippen molar-refractivity contribution >= 4 is 17.9 Å². The maximum atomic E-state index is 12.2. The van der Waals surface area contributed by atoms with Gasteiger partial charge in [-0.15, -0.1) is 0 Å². The third kappa shape index (κ3) is 3.26. The molecule has 0 saturated carbocycles. The van der Waals surface area contributed by atoms with Crippen LogP contribution in [0.3, 0.4) is 0 Å². The minimum atomic E-state index is -0.349. The van der Waals surface area contributed by atoms with E-state index >= 15 is 0 Å². The van der Waals surface area contributed by atoms with Crippen molar-refractivity contribution in [1.29, 1.82) is 0 Å². The van der Waals surface area contributed by atoms with Crippen molar-refractivity contribution in [3.05, 3.63) is 41.5 Å². The highest BCUT2D eigenvalue weighted by Gasteiger charge is 2.30. The fourth-order valence-electron chi connectivity index (χ4n) is 2.42. The van der Waals surface area contributed by atoms with Crippen molar-refractivity contribution in [1.82, 2.24) is 10.2 Å². The minimum absolute atomic E-state index is 0.0592. The lowest BCUT2D eigenvalue weighted by Gasteiger charge is -2.33. The zero-order chi connectivity index (χ0) is 14.5. The number of carbonyl (C=O) groups excluding carboxylic acids is 2. The predicted octanol–water partition coefficient (Wildman–Crippen LogP) is 1.75. The number of hydrogen-bond acceptors (Lipinski definition) is 2. The number of amides is 2. The molecule has 2 amide bonds. The molecule has 1 aromatic carbocycles. The number of nitrogens with zero attached hydrogens (tertiary/aromatic N) is 1. The Morgan fingerprint density at radius 2 is 2.30 bits per heavy atom. The molecule has 1 N–H and O–H groups in total. The average molecular weight is 272 g/mol. The molecule has 1 aliphatic rings. The number of carbonyl (C=O) groups is 2. The Balaban J connectivity index is 2.09. The normalized spacial score (nSPS) is 19.2. The molecular weight excluding hydrogens is 252 g/mol. The third-order valence-electron chi connectivity index (χ3n) is 3.46. The van der Waals surface area contributed by atoms with Gasteiger partial charge in [-0.2, -0.15) is 0 Å². The Hall–Kier alpha value is -2.10. The summed E-state index contributed by atoms with van der Waals surface area (Å²) in [4.78, 5) is 25.6. The van der Waals surface area contributed by atoms with E-state index in [1.807, 2.05) is 38.1 Å². The first-order valence-electron chi connectivity index (χ1n) is 6.95. The van der Waals surface area contributed by atoms with Gasteiger partial charge in [-0.3, -0.25) is 9.59 Å². The van der Waals surface area contributed by atoms with Gasteiger partial charge in [0.25, 0.3) is 0 Å². The van der Waals surface area contributed by atoms with Crippen molar-refractivity contribution in [2.75, 3.05) is 13.1 Å². The number of rotatable bonds is 3. The Morgan fingerprint density at radius 1 is 1.50 bits per heavy atom. The molecule has 0 spiro atoms. The van der Waals surface area contributed by atoms with Gasteiger partial charge in [0, 0.05) is 19.2 Å². The van der Waals surface area contributed by atoms with E-state index in [-0.39, 0.29) is 17.9 Å². The van der Waals surface area contributed by atoms with Crippen LogP contribution < -0.4 is 5.32 Å². The SMILES string of the molecule is CCC1C(=O)NCCN1C(=O)C=Cc1cccc(C)c1. The minimum Gasteiger partial charge on any atom is -0.353 e. The molecule has 106 valence electrons. The van der Waals surface area contributed by atoms with Gasteiger partial charge in [0.15, 0.2) is 0 Å². The first-order chi connectivity index (χ1) is 9.61. The van der Waals surface area contributed by atoms with Crippen molar-refractivity contribution in [2.45, 2.75) is 26.3 Å². The molecular formula is C16H20N2O2. The second kappa shape index (κ2) is 6.37. The molecule has 4 heteroatoms. The summed E-state index contributed by atoms with van der Waals surface area (Å²) >= 11 is 0. The summed E-state index contributed by atoms with van der Waals surface area (Å²) in [7, 11) is 0. The molecule has 1 atom stereocenters. The highest BCUT2D eigenvalue weighted by molar-refractivity contribution is 5.96. The van der Waals surface area contributed by atoms with Crippen LogP contribution in [0.1, 0.15) is 24.5 Å². The number of nitrogens with one attached hydrogen (secondary N) is 1. The molecule has 1 saturated heterocycles. The topological polar surface area (TPSA) is 49.4 Å². The number of hydrogen-bond donors (Lipinski definition) is 1. The Morgan fingerprint density at radius 3 is 3.00 bits per heavy atom. The molecule has 0 aromatic heterocycles. The fraction of sp³-hybridized carbons (Fsp3) is 0.375. The van der Waals surface area contributed by atoms with Gasteiger partial charge in [-0.05, 0) is 25.0 Å². The zero-order valence-electron chi connectivity index (χ0n) is 11.9. The van der Waals surface area contributed by atoms with E-state index in [1.54, 1.807) is 17.1 Å². The number of piperazine rings is 1. The van der Waals surface area contributed by atoms with Crippen LogP contribution in [0.5, 0.6) is 0 Å². The summed E-state index contributed by atoms with van der Waals surface area (Å²) in [6.07, 6.45) is 3.99. The van der Waals surface area contributed by atoms with Crippen LogP contribution in [0.25, 0.3) is 6.08 Å². The summed E-state index contributed by atoms with van der Waals surface area (Å²) in [6, 6.07) is 7.60. The summed E-state index contributed by atoms with van der Waals surface area (Å²) in [5, 5.41) is 2.79. The van der Waals surface area contributed by atoms with E-state index in [4.69, 9.17) is 0 Å². The first kappa shape index (κ1) is 14.3. The molecule has 4 nitrogen and oxygen atoms in total. The van der Waals surface area contributed by atoms with E-state index in [9.17, 15) is 9.59 Å². The van der Waals surface area contributed by atoms with Crippen molar-refractivity contribution < 1.29 is 9.59 Å². The number of aryl methyl sites for hydroxylation is 1. The van der Waals surface area contributed by atoms with E-state index in [1.165, 1.54) is 0 Å². The molecule has 0 radical (unpaired) electrons. The monoisotopic (exact) mass is 272 g/mol. The van der Waals surface area contributed by atoms with Crippen molar-refractivity contribution in [3.8, 4) is 0 Å². The standard InChI is InChI=1S/C16H20N2O2/c1-3-14-16(20)17-9-10-18(14)15(19)8-7-13-6-4-5-12(2)11-13/h4-8,11,14H,3,9-10H2,1-2H3,(H,17,20). The molecule has 0 bridgehead atoms. The van der Waals surface area contributed by atoms with Gasteiger partial charge < -0.3 is 10.2 Å². The van der Waals surface area contributed by atoms with E-state index < -0.39 is 0 Å². The zero-order valence-corrected chi connectivity index (χ0v) is 11.9. The van der Waals surface area contributed by atoms with Crippen LogP contribution in [-0.4, -0.2) is 35.8 Å². The quantitative estimate of drug-likeness (QED) is 0.852. The Bertz CT molecular complexity index is 537. The lowest BCUT2D eigenvalue weighted by molar-refractivity contribution is -0.140. The summed E-state index contributed by atoms with van der Waals surface area (Å²) in [6.45, 7) is 5.03. The molecule has 1 aliphatic heterocycles. The highest BCUT2D eigenvalue weighted by atomic mass is 16.2. The van der Waals surface area contributed by atoms with Crippen LogP contribution in [0.2, 0.25) is 0 Å². The second-order valence-corrected chi connectivity index (χ2v) is 4.99. The largest absolute Gasteiger partial charge is 0.353 e. The lowest BCUT2D eigenvalue weighted by atomic mass is 10.1. The van der Waals surface area contributed by atoms with Crippen LogP contribution in [0, 0.1) is 6.92 Å². The highest BCUT2D eigenvalue weighted by Crippen LogP contribution is 2.11. The molecule has 0 aliphatic carbocycles. The maximum Gasteiger partial charge on any atom is 0.247 e. The smallest absolute Gasteiger partial charge is 0.247 e. The van der Waals surface area contributed by atoms with Crippen LogP contribution in [-0.2, 0) is 9.59 Å². The summed E-state index contributed by atoms with van der Waals surface area (Å²) in [5.41, 5.74) is 2.15. The average Bonchev–Trinajstić information content (AvgIpc) is 2.44. The Labute approximate surface area is 119 Å². The molecule has 20 heavy (non-hydrogen) atoms. The van der Waals surface area contributed by atoms with Crippen molar-refractivity contribution in [2.24, 2.45) is 0 Å². The maximum absolute atomic E-state index is 12.2. The van der Waals surface area contributed by atoms with E-state index in [0.29, 0.717) is 19.5 Å². The van der Waals surface area contributed by atoms with Gasteiger partial charge in [-0.1, -0.05) is 36.8 Å². The van der Waals surface area contributed by atoms with E-state index in [2.05, 4.69) is 5.32 Å². The molecule has 1 fully saturated rings. The third-order valence-corrected chi connectivity index (χ3v) is 3.46. The Kier molecular flexibility index (Phi) is 4.56. The fourth-order valence-corrected chi connectivity index (χ4v) is 2.42. The molecule has 2 rings (SSSR count). The van der Waals surface area contributed by atoms with Gasteiger partial charge >= 0.3 is 0 Å². The van der Waals surface area contributed by atoms with Gasteiger partial charge in [0.05, 0.1) is 0 Å². The van der Waals surface area contributed by atoms with Gasteiger partial charge in [0.1, 0.15) is 6.04 Å². The van der Waals surface area contributed by atoms with Crippen LogP contribution in [0.4, 0.5) is 0 Å². The molecule has 1 aromatic rings. The summed E-state index contributed by atoms with van der Waals surface area (Å²) < 4.78 is 0. The molecule has 1 unspecified atom stereocenters. The summed E-state index contributed by atoms with van der Waals surface area (Å²) in [5.74, 6) is -0.163. The van der Waals surface area contributed by atoms with Gasteiger partial charge in [-0.25, -0.2) is 0 Å². The number of benzene rings is 1. The van der Waals surface area contributed by atoms with E-state index in [0.717, 1.165) is 11.1 Å². The predicted molar refractivity (Wildman–Crippen MR) is 79.0 cm³/mol. The van der Waals surface area contributed by atoms with Crippen molar-refractivity contribution in [3.63, 3.8) is 0 Å². The van der Waals surface area contributed by atoms with Crippen LogP contribution in [0.15, 0.2) is 30.3 Å². The first-order valence-corrected chi connectivity index (χ1v) is 6.95. The molecule has 1 heterocycles. The lowest BCUT2D eigenvalue weighted by Crippen LogP contribution is -2.56.